The zero-order valence-electron chi connectivity index (χ0n) is 11.6. The van der Waals surface area contributed by atoms with Gasteiger partial charge in [0.2, 0.25) is 0 Å². The molecular formula is C16H26N2. The minimum atomic E-state index is 0.931. The van der Waals surface area contributed by atoms with E-state index in [0.717, 1.165) is 18.0 Å². The predicted octanol–water partition coefficient (Wildman–Crippen LogP) is 3.32. The fraction of sp³-hybridized carbons (Fsp3) is 0.625. The van der Waals surface area contributed by atoms with Crippen molar-refractivity contribution >= 4 is 5.69 Å². The van der Waals surface area contributed by atoms with Crippen LogP contribution in [-0.4, -0.2) is 24.5 Å². The van der Waals surface area contributed by atoms with Gasteiger partial charge in [-0.25, -0.2) is 0 Å². The first-order chi connectivity index (χ1) is 8.79. The van der Waals surface area contributed by atoms with Crippen molar-refractivity contribution in [3.8, 4) is 0 Å². The molecule has 1 heterocycles. The second kappa shape index (κ2) is 6.79. The second-order valence-electron chi connectivity index (χ2n) is 5.52. The molecule has 0 saturated carbocycles. The number of hydrogen-bond acceptors (Lipinski definition) is 2. The Labute approximate surface area is 111 Å². The zero-order valence-corrected chi connectivity index (χ0v) is 11.6. The SMILES string of the molecule is CCC1CCCN(CCCc2ccccc2N)C1. The van der Waals surface area contributed by atoms with Crippen molar-refractivity contribution in [3.05, 3.63) is 29.8 Å². The van der Waals surface area contributed by atoms with Crippen LogP contribution >= 0.6 is 0 Å². The first kappa shape index (κ1) is 13.4. The summed E-state index contributed by atoms with van der Waals surface area (Å²) in [7, 11) is 0. The van der Waals surface area contributed by atoms with Gasteiger partial charge >= 0.3 is 0 Å². The number of nitrogens with zero attached hydrogens (tertiary/aromatic N) is 1. The molecule has 0 radical (unpaired) electrons. The van der Waals surface area contributed by atoms with E-state index in [1.165, 1.54) is 50.9 Å². The summed E-state index contributed by atoms with van der Waals surface area (Å²) >= 11 is 0. The summed E-state index contributed by atoms with van der Waals surface area (Å²) < 4.78 is 0. The van der Waals surface area contributed by atoms with Gasteiger partial charge in [0.25, 0.3) is 0 Å². The summed E-state index contributed by atoms with van der Waals surface area (Å²) in [4.78, 5) is 2.64. The van der Waals surface area contributed by atoms with Crippen LogP contribution in [-0.2, 0) is 6.42 Å². The van der Waals surface area contributed by atoms with Crippen LogP contribution in [0.25, 0.3) is 0 Å². The molecular weight excluding hydrogens is 220 g/mol. The fourth-order valence-electron chi connectivity index (χ4n) is 2.94. The monoisotopic (exact) mass is 246 g/mol. The van der Waals surface area contributed by atoms with Gasteiger partial charge in [0.15, 0.2) is 0 Å². The molecule has 0 bridgehead atoms. The highest BCUT2D eigenvalue weighted by molar-refractivity contribution is 5.46. The van der Waals surface area contributed by atoms with Crippen LogP contribution in [0.5, 0.6) is 0 Å². The Kier molecular flexibility index (Phi) is 5.06. The number of aryl methyl sites for hydroxylation is 1. The molecule has 2 rings (SSSR count). The van der Waals surface area contributed by atoms with Gasteiger partial charge in [-0.3, -0.25) is 0 Å². The molecule has 1 saturated heterocycles. The van der Waals surface area contributed by atoms with E-state index in [-0.39, 0.29) is 0 Å². The predicted molar refractivity (Wildman–Crippen MR) is 78.6 cm³/mol. The fourth-order valence-corrected chi connectivity index (χ4v) is 2.94. The standard InChI is InChI=1S/C16H26N2/c1-2-14-7-5-11-18(13-14)12-6-9-15-8-3-4-10-16(15)17/h3-4,8,10,14H,2,5-7,9,11-13,17H2,1H3. The van der Waals surface area contributed by atoms with Gasteiger partial charge < -0.3 is 10.6 Å². The first-order valence-corrected chi connectivity index (χ1v) is 7.35. The molecule has 0 aromatic heterocycles. The number of para-hydroxylation sites is 1. The lowest BCUT2D eigenvalue weighted by Crippen LogP contribution is -2.35. The summed E-state index contributed by atoms with van der Waals surface area (Å²) in [5.74, 6) is 0.931. The third-order valence-electron chi connectivity index (χ3n) is 4.16. The van der Waals surface area contributed by atoms with E-state index in [1.807, 2.05) is 12.1 Å². The Bertz CT molecular complexity index is 362. The topological polar surface area (TPSA) is 29.3 Å². The molecule has 2 nitrogen and oxygen atoms in total. The Morgan fingerprint density at radius 1 is 1.33 bits per heavy atom. The average Bonchev–Trinajstić information content (AvgIpc) is 2.41. The van der Waals surface area contributed by atoms with Gasteiger partial charge in [-0.15, -0.1) is 0 Å². The molecule has 18 heavy (non-hydrogen) atoms. The molecule has 1 atom stereocenters. The van der Waals surface area contributed by atoms with E-state index in [9.17, 15) is 0 Å². The van der Waals surface area contributed by atoms with Crippen LogP contribution in [0.4, 0.5) is 5.69 Å². The van der Waals surface area contributed by atoms with Crippen molar-refractivity contribution in [2.45, 2.75) is 39.0 Å². The van der Waals surface area contributed by atoms with Crippen molar-refractivity contribution in [2.75, 3.05) is 25.4 Å². The Morgan fingerprint density at radius 3 is 2.94 bits per heavy atom. The number of benzene rings is 1. The highest BCUT2D eigenvalue weighted by atomic mass is 15.1. The number of rotatable bonds is 5. The van der Waals surface area contributed by atoms with Gasteiger partial charge in [-0.2, -0.15) is 0 Å². The largest absolute Gasteiger partial charge is 0.399 e. The van der Waals surface area contributed by atoms with E-state index in [4.69, 9.17) is 5.73 Å². The molecule has 1 aliphatic rings. The maximum atomic E-state index is 5.97. The van der Waals surface area contributed by atoms with Crippen molar-refractivity contribution in [1.82, 2.24) is 4.90 Å². The summed E-state index contributed by atoms with van der Waals surface area (Å²) in [6.07, 6.45) is 6.48. The lowest BCUT2D eigenvalue weighted by molar-refractivity contribution is 0.170. The molecule has 2 heteroatoms. The maximum Gasteiger partial charge on any atom is 0.0346 e. The minimum absolute atomic E-state index is 0.931. The van der Waals surface area contributed by atoms with E-state index >= 15 is 0 Å². The Balaban J connectivity index is 1.73. The van der Waals surface area contributed by atoms with E-state index in [0.29, 0.717) is 0 Å². The molecule has 1 aliphatic heterocycles. The Hall–Kier alpha value is -1.02. The summed E-state index contributed by atoms with van der Waals surface area (Å²) in [5, 5.41) is 0. The van der Waals surface area contributed by atoms with Crippen molar-refractivity contribution in [3.63, 3.8) is 0 Å². The van der Waals surface area contributed by atoms with Crippen LogP contribution in [0.15, 0.2) is 24.3 Å². The summed E-state index contributed by atoms with van der Waals surface area (Å²) in [6.45, 7) is 6.14. The molecule has 1 aromatic carbocycles. The van der Waals surface area contributed by atoms with Gasteiger partial charge in [-0.05, 0) is 56.3 Å². The number of hydrogen-bond donors (Lipinski definition) is 1. The Morgan fingerprint density at radius 2 is 2.17 bits per heavy atom. The van der Waals surface area contributed by atoms with Gasteiger partial charge in [0.05, 0.1) is 0 Å². The van der Waals surface area contributed by atoms with Gasteiger partial charge in [0, 0.05) is 12.2 Å². The summed E-state index contributed by atoms with van der Waals surface area (Å²) in [6, 6.07) is 8.25. The van der Waals surface area contributed by atoms with E-state index in [2.05, 4.69) is 24.0 Å². The zero-order chi connectivity index (χ0) is 12.8. The quantitative estimate of drug-likeness (QED) is 0.808. The van der Waals surface area contributed by atoms with Crippen LogP contribution in [0.1, 0.15) is 38.2 Å². The molecule has 1 aromatic rings. The van der Waals surface area contributed by atoms with Crippen molar-refractivity contribution in [1.29, 1.82) is 0 Å². The molecule has 0 spiro atoms. The molecule has 0 aliphatic carbocycles. The van der Waals surface area contributed by atoms with Crippen LogP contribution < -0.4 is 5.73 Å². The number of nitrogens with two attached hydrogens (primary N) is 1. The minimum Gasteiger partial charge on any atom is -0.399 e. The second-order valence-corrected chi connectivity index (χ2v) is 5.52. The van der Waals surface area contributed by atoms with E-state index < -0.39 is 0 Å². The molecule has 2 N–H and O–H groups in total. The molecule has 0 amide bonds. The van der Waals surface area contributed by atoms with Crippen molar-refractivity contribution < 1.29 is 0 Å². The van der Waals surface area contributed by atoms with E-state index in [1.54, 1.807) is 0 Å². The lowest BCUT2D eigenvalue weighted by Gasteiger charge is -2.32. The number of anilines is 1. The highest BCUT2D eigenvalue weighted by Crippen LogP contribution is 2.20. The number of likely N-dealkylation sites (tertiary alicyclic amines) is 1. The number of piperidine rings is 1. The normalized spacial score (nSPS) is 21.1. The van der Waals surface area contributed by atoms with Crippen LogP contribution in [0.3, 0.4) is 0 Å². The molecule has 1 fully saturated rings. The average molecular weight is 246 g/mol. The third kappa shape index (κ3) is 3.74. The van der Waals surface area contributed by atoms with Crippen molar-refractivity contribution in [2.24, 2.45) is 5.92 Å². The lowest BCUT2D eigenvalue weighted by atomic mass is 9.95. The third-order valence-corrected chi connectivity index (χ3v) is 4.16. The van der Waals surface area contributed by atoms with Gasteiger partial charge in [-0.1, -0.05) is 31.5 Å². The number of nitrogen functional groups attached to an aromatic ring is 1. The smallest absolute Gasteiger partial charge is 0.0346 e. The van der Waals surface area contributed by atoms with Crippen LogP contribution in [0.2, 0.25) is 0 Å². The first-order valence-electron chi connectivity index (χ1n) is 7.35. The molecule has 100 valence electrons. The maximum absolute atomic E-state index is 5.97. The highest BCUT2D eigenvalue weighted by Gasteiger charge is 2.17. The van der Waals surface area contributed by atoms with Crippen LogP contribution in [0, 0.1) is 5.92 Å². The molecule has 1 unspecified atom stereocenters. The van der Waals surface area contributed by atoms with Gasteiger partial charge in [0.1, 0.15) is 0 Å². The summed E-state index contributed by atoms with van der Waals surface area (Å²) in [5.41, 5.74) is 8.22.